The smallest absolute Gasteiger partial charge is 0.337 e. The van der Waals surface area contributed by atoms with E-state index >= 15 is 0 Å². The highest BCUT2D eigenvalue weighted by molar-refractivity contribution is 7.99. The van der Waals surface area contributed by atoms with Crippen LogP contribution in [0.1, 0.15) is 41.1 Å². The van der Waals surface area contributed by atoms with E-state index in [4.69, 9.17) is 4.74 Å². The molecular weight excluding hydrogens is 438 g/mol. The molecule has 3 rings (SSSR count). The number of amides is 1. The Morgan fingerprint density at radius 3 is 2.39 bits per heavy atom. The molecule has 0 fully saturated rings. The minimum absolute atomic E-state index is 0.123. The van der Waals surface area contributed by atoms with Crippen LogP contribution in [-0.2, 0) is 16.1 Å². The number of carbonyl (C=O) groups is 2. The second-order valence-electron chi connectivity index (χ2n) is 7.71. The van der Waals surface area contributed by atoms with Crippen LogP contribution >= 0.6 is 11.8 Å². The van der Waals surface area contributed by atoms with Crippen LogP contribution in [0.15, 0.2) is 59.8 Å². The third-order valence-electron chi connectivity index (χ3n) is 5.16. The summed E-state index contributed by atoms with van der Waals surface area (Å²) in [6.07, 6.45) is 0.895. The van der Waals surface area contributed by atoms with Crippen molar-refractivity contribution in [2.75, 3.05) is 32.3 Å². The first-order chi connectivity index (χ1) is 15.9. The summed E-state index contributed by atoms with van der Waals surface area (Å²) >= 11 is 1.35. The van der Waals surface area contributed by atoms with Gasteiger partial charge in [0.25, 0.3) is 0 Å². The molecule has 1 heterocycles. The third kappa shape index (κ3) is 6.43. The molecule has 1 N–H and O–H groups in total. The van der Waals surface area contributed by atoms with Crippen LogP contribution in [0, 0.1) is 0 Å². The van der Waals surface area contributed by atoms with E-state index in [0.29, 0.717) is 23.0 Å². The zero-order valence-corrected chi connectivity index (χ0v) is 20.1. The molecule has 0 bridgehead atoms. The van der Waals surface area contributed by atoms with Gasteiger partial charge in [-0.1, -0.05) is 49.0 Å². The lowest BCUT2D eigenvalue weighted by molar-refractivity contribution is -0.113. The van der Waals surface area contributed by atoms with Crippen molar-refractivity contribution in [3.05, 3.63) is 71.5 Å². The van der Waals surface area contributed by atoms with Gasteiger partial charge in [0.2, 0.25) is 5.91 Å². The van der Waals surface area contributed by atoms with Gasteiger partial charge in [-0.3, -0.25) is 9.69 Å². The summed E-state index contributed by atoms with van der Waals surface area (Å²) in [5.74, 6) is 0.485. The summed E-state index contributed by atoms with van der Waals surface area (Å²) in [7, 11) is 5.39. The van der Waals surface area contributed by atoms with Crippen molar-refractivity contribution in [3.8, 4) is 0 Å². The number of benzene rings is 2. The second-order valence-corrected chi connectivity index (χ2v) is 8.65. The van der Waals surface area contributed by atoms with Gasteiger partial charge in [0.05, 0.1) is 31.0 Å². The van der Waals surface area contributed by atoms with Crippen LogP contribution < -0.4 is 5.32 Å². The highest BCUT2D eigenvalue weighted by Crippen LogP contribution is 2.26. The molecule has 0 spiro atoms. The Morgan fingerprint density at radius 1 is 1.09 bits per heavy atom. The van der Waals surface area contributed by atoms with Gasteiger partial charge in [-0.2, -0.15) is 0 Å². The van der Waals surface area contributed by atoms with E-state index in [1.165, 1.54) is 18.9 Å². The first kappa shape index (κ1) is 24.5. The monoisotopic (exact) mass is 467 g/mol. The zero-order valence-electron chi connectivity index (χ0n) is 19.3. The number of nitrogens with one attached hydrogen (secondary N) is 1. The van der Waals surface area contributed by atoms with Crippen molar-refractivity contribution < 1.29 is 14.3 Å². The molecule has 2 aromatic carbocycles. The Hall–Kier alpha value is -3.17. The number of carbonyl (C=O) groups excluding carboxylic acids is 2. The number of thioether (sulfide) groups is 1. The summed E-state index contributed by atoms with van der Waals surface area (Å²) in [4.78, 5) is 26.2. The van der Waals surface area contributed by atoms with E-state index in [1.807, 2.05) is 32.3 Å². The Labute approximate surface area is 198 Å². The van der Waals surface area contributed by atoms with E-state index in [2.05, 4.69) is 44.0 Å². The van der Waals surface area contributed by atoms with Crippen molar-refractivity contribution >= 4 is 29.3 Å². The fourth-order valence-corrected chi connectivity index (χ4v) is 4.23. The number of esters is 1. The lowest BCUT2D eigenvalue weighted by atomic mass is 10.2. The highest BCUT2D eigenvalue weighted by atomic mass is 32.2. The van der Waals surface area contributed by atoms with Gasteiger partial charge in [-0.25, -0.2) is 4.79 Å². The summed E-state index contributed by atoms with van der Waals surface area (Å²) in [6.45, 7) is 2.75. The van der Waals surface area contributed by atoms with E-state index in [1.54, 1.807) is 24.3 Å². The average molecular weight is 468 g/mol. The van der Waals surface area contributed by atoms with Crippen molar-refractivity contribution in [1.29, 1.82) is 0 Å². The fourth-order valence-electron chi connectivity index (χ4n) is 3.48. The van der Waals surface area contributed by atoms with Crippen molar-refractivity contribution in [1.82, 2.24) is 19.7 Å². The molecule has 33 heavy (non-hydrogen) atoms. The number of nitrogens with zero attached hydrogens (tertiary/aromatic N) is 4. The van der Waals surface area contributed by atoms with Crippen molar-refractivity contribution in [3.63, 3.8) is 0 Å². The molecule has 3 aromatic rings. The highest BCUT2D eigenvalue weighted by Gasteiger charge is 2.22. The van der Waals surface area contributed by atoms with Crippen molar-refractivity contribution in [2.24, 2.45) is 0 Å². The van der Waals surface area contributed by atoms with Gasteiger partial charge in [0, 0.05) is 5.69 Å². The Morgan fingerprint density at radius 2 is 1.79 bits per heavy atom. The molecule has 0 aliphatic heterocycles. The van der Waals surface area contributed by atoms with Gasteiger partial charge in [0.1, 0.15) is 0 Å². The molecule has 1 unspecified atom stereocenters. The van der Waals surface area contributed by atoms with Gasteiger partial charge in [0.15, 0.2) is 11.0 Å². The van der Waals surface area contributed by atoms with Crippen LogP contribution in [0.3, 0.4) is 0 Å². The second kappa shape index (κ2) is 11.6. The van der Waals surface area contributed by atoms with Gasteiger partial charge in [-0.15, -0.1) is 10.2 Å². The lowest BCUT2D eigenvalue weighted by Crippen LogP contribution is -2.23. The Balaban J connectivity index is 1.72. The minimum atomic E-state index is -0.417. The maximum atomic E-state index is 12.5. The molecular formula is C24H29N5O3S. The number of hydrogen-bond donors (Lipinski definition) is 1. The van der Waals surface area contributed by atoms with E-state index in [-0.39, 0.29) is 17.7 Å². The maximum absolute atomic E-state index is 12.5. The number of methoxy groups -OCH3 is 1. The molecule has 0 aliphatic carbocycles. The minimum Gasteiger partial charge on any atom is -0.465 e. The third-order valence-corrected chi connectivity index (χ3v) is 6.13. The lowest BCUT2D eigenvalue weighted by Gasteiger charge is -2.23. The fraction of sp³-hybridized carbons (Fsp3) is 0.333. The van der Waals surface area contributed by atoms with Crippen LogP contribution in [-0.4, -0.2) is 58.5 Å². The standard InChI is InChI=1S/C24H29N5O3S/c1-5-20(28(2)3)22-26-27-24(29(22)15-17-9-7-6-8-10-17)33-16-21(30)25-19-13-11-18(12-14-19)23(31)32-4/h6-14,20H,5,15-16H2,1-4H3,(H,25,30). The number of hydrogen-bond acceptors (Lipinski definition) is 7. The van der Waals surface area contributed by atoms with E-state index in [0.717, 1.165) is 17.8 Å². The predicted octanol–water partition coefficient (Wildman–Crippen LogP) is 3.86. The van der Waals surface area contributed by atoms with E-state index < -0.39 is 5.97 Å². The predicted molar refractivity (Wildman–Crippen MR) is 129 cm³/mol. The van der Waals surface area contributed by atoms with Crippen LogP contribution in [0.2, 0.25) is 0 Å². The quantitative estimate of drug-likeness (QED) is 0.358. The molecule has 0 saturated carbocycles. The summed E-state index contributed by atoms with van der Waals surface area (Å²) in [5.41, 5.74) is 2.18. The van der Waals surface area contributed by atoms with Crippen LogP contribution in [0.5, 0.6) is 0 Å². The van der Waals surface area contributed by atoms with Crippen LogP contribution in [0.4, 0.5) is 5.69 Å². The molecule has 1 aromatic heterocycles. The van der Waals surface area contributed by atoms with Gasteiger partial charge < -0.3 is 14.6 Å². The van der Waals surface area contributed by atoms with Gasteiger partial charge >= 0.3 is 5.97 Å². The normalized spacial score (nSPS) is 11.9. The first-order valence-electron chi connectivity index (χ1n) is 10.7. The molecule has 0 saturated heterocycles. The molecule has 1 atom stereocenters. The van der Waals surface area contributed by atoms with Crippen LogP contribution in [0.25, 0.3) is 0 Å². The molecule has 8 nitrogen and oxygen atoms in total. The molecule has 9 heteroatoms. The summed E-state index contributed by atoms with van der Waals surface area (Å²) in [5, 5.41) is 12.4. The number of anilines is 1. The topological polar surface area (TPSA) is 89.4 Å². The number of ether oxygens (including phenoxy) is 1. The molecule has 1 amide bonds. The number of rotatable bonds is 10. The first-order valence-corrected chi connectivity index (χ1v) is 11.7. The average Bonchev–Trinajstić information content (AvgIpc) is 3.20. The Kier molecular flexibility index (Phi) is 8.62. The molecule has 0 radical (unpaired) electrons. The summed E-state index contributed by atoms with van der Waals surface area (Å²) in [6, 6.07) is 16.8. The SMILES string of the molecule is CCC(c1nnc(SCC(=O)Nc2ccc(C(=O)OC)cc2)n1Cc1ccccc1)N(C)C. The zero-order chi connectivity index (χ0) is 23.8. The Bertz CT molecular complexity index is 1070. The largest absolute Gasteiger partial charge is 0.465 e. The molecule has 174 valence electrons. The summed E-state index contributed by atoms with van der Waals surface area (Å²) < 4.78 is 6.78. The molecule has 0 aliphatic rings. The van der Waals surface area contributed by atoms with E-state index in [9.17, 15) is 9.59 Å². The van der Waals surface area contributed by atoms with Gasteiger partial charge in [-0.05, 0) is 50.3 Å². The van der Waals surface area contributed by atoms with Crippen molar-refractivity contribution in [2.45, 2.75) is 31.1 Å². The maximum Gasteiger partial charge on any atom is 0.337 e. The number of aromatic nitrogens is 3.